The number of rotatable bonds is 6. The quantitative estimate of drug-likeness (QED) is 0.612. The van der Waals surface area contributed by atoms with Gasteiger partial charge in [-0.3, -0.25) is 4.79 Å². The lowest BCUT2D eigenvalue weighted by atomic mass is 10.3. The smallest absolute Gasteiger partial charge is 0.234 e. The largest absolute Gasteiger partial charge is 0.330 e. The first-order chi connectivity index (χ1) is 7.74. The minimum atomic E-state index is 0.0473. The van der Waals surface area contributed by atoms with Crippen LogP contribution in [0.4, 0.5) is 5.69 Å². The predicted octanol–water partition coefficient (Wildman–Crippen LogP) is 2.31. The van der Waals surface area contributed by atoms with Crippen LogP contribution in [0.1, 0.15) is 6.42 Å². The Hall–Kier alpha value is -0.270. The van der Waals surface area contributed by atoms with E-state index < -0.39 is 0 Å². The van der Waals surface area contributed by atoms with Crippen molar-refractivity contribution in [2.24, 2.45) is 5.73 Å². The summed E-state index contributed by atoms with van der Waals surface area (Å²) in [7, 11) is 0. The van der Waals surface area contributed by atoms with Crippen molar-refractivity contribution in [2.45, 2.75) is 6.42 Å². The maximum atomic E-state index is 11.6. The van der Waals surface area contributed by atoms with Gasteiger partial charge >= 0.3 is 0 Å². The van der Waals surface area contributed by atoms with Crippen LogP contribution in [0.15, 0.2) is 24.3 Å². The highest BCUT2D eigenvalue weighted by Gasteiger charge is 2.04. The zero-order valence-corrected chi connectivity index (χ0v) is 11.9. The van der Waals surface area contributed by atoms with Crippen LogP contribution in [0.5, 0.6) is 0 Å². The molecule has 3 nitrogen and oxygen atoms in total. The minimum Gasteiger partial charge on any atom is -0.330 e. The van der Waals surface area contributed by atoms with E-state index in [0.717, 1.165) is 21.4 Å². The standard InChI is InChI=1S/C11H15IN2OS/c12-9-4-1-2-5-10(9)14-11(15)8-16-7-3-6-13/h1-2,4-5H,3,6-8,13H2,(H,14,15). The summed E-state index contributed by atoms with van der Waals surface area (Å²) >= 11 is 3.82. The number of carbonyl (C=O) groups excluding carboxylic acids is 1. The molecule has 1 amide bonds. The molecule has 5 heteroatoms. The topological polar surface area (TPSA) is 55.1 Å². The number of hydrogen-bond acceptors (Lipinski definition) is 3. The zero-order valence-electron chi connectivity index (χ0n) is 8.91. The molecule has 0 bridgehead atoms. The summed E-state index contributed by atoms with van der Waals surface area (Å²) in [5, 5.41) is 2.89. The number of nitrogens with two attached hydrogens (primary N) is 1. The highest BCUT2D eigenvalue weighted by atomic mass is 127. The van der Waals surface area contributed by atoms with E-state index in [1.165, 1.54) is 0 Å². The lowest BCUT2D eigenvalue weighted by Gasteiger charge is -2.06. The summed E-state index contributed by atoms with van der Waals surface area (Å²) in [4.78, 5) is 11.6. The van der Waals surface area contributed by atoms with Gasteiger partial charge in [-0.1, -0.05) is 12.1 Å². The van der Waals surface area contributed by atoms with E-state index in [0.29, 0.717) is 12.3 Å². The molecule has 0 saturated carbocycles. The summed E-state index contributed by atoms with van der Waals surface area (Å²) in [6, 6.07) is 7.74. The van der Waals surface area contributed by atoms with Crippen molar-refractivity contribution in [3.63, 3.8) is 0 Å². The van der Waals surface area contributed by atoms with Gasteiger partial charge in [0.2, 0.25) is 5.91 Å². The zero-order chi connectivity index (χ0) is 11.8. The normalized spacial score (nSPS) is 10.1. The van der Waals surface area contributed by atoms with Gasteiger partial charge in [0.05, 0.1) is 11.4 Å². The van der Waals surface area contributed by atoms with Gasteiger partial charge in [0.15, 0.2) is 0 Å². The van der Waals surface area contributed by atoms with Crippen molar-refractivity contribution in [2.75, 3.05) is 23.4 Å². The number of anilines is 1. The van der Waals surface area contributed by atoms with Crippen molar-refractivity contribution < 1.29 is 4.79 Å². The summed E-state index contributed by atoms with van der Waals surface area (Å²) in [6.07, 6.45) is 0.959. The Morgan fingerprint density at radius 3 is 2.88 bits per heavy atom. The number of amides is 1. The fraction of sp³-hybridized carbons (Fsp3) is 0.364. The minimum absolute atomic E-state index is 0.0473. The van der Waals surface area contributed by atoms with Crippen molar-refractivity contribution in [3.8, 4) is 0 Å². The second-order valence-corrected chi connectivity index (χ2v) is 5.49. The Labute approximate surface area is 114 Å². The van der Waals surface area contributed by atoms with E-state index in [1.54, 1.807) is 11.8 Å². The highest BCUT2D eigenvalue weighted by molar-refractivity contribution is 14.1. The number of para-hydroxylation sites is 1. The molecule has 0 fully saturated rings. The SMILES string of the molecule is NCCCSCC(=O)Nc1ccccc1I. The van der Waals surface area contributed by atoms with Gasteiger partial charge in [-0.25, -0.2) is 0 Å². The molecule has 0 aliphatic heterocycles. The molecular formula is C11H15IN2OS. The number of nitrogens with one attached hydrogen (secondary N) is 1. The lowest BCUT2D eigenvalue weighted by Crippen LogP contribution is -2.15. The van der Waals surface area contributed by atoms with Gasteiger partial charge < -0.3 is 11.1 Å². The first kappa shape index (κ1) is 13.8. The number of halogens is 1. The van der Waals surface area contributed by atoms with E-state index in [1.807, 2.05) is 24.3 Å². The molecule has 0 aliphatic carbocycles. The van der Waals surface area contributed by atoms with E-state index in [-0.39, 0.29) is 5.91 Å². The molecule has 16 heavy (non-hydrogen) atoms. The molecule has 1 aromatic carbocycles. The maximum absolute atomic E-state index is 11.6. The fourth-order valence-corrected chi connectivity index (χ4v) is 2.39. The summed E-state index contributed by atoms with van der Waals surface area (Å²) < 4.78 is 1.06. The monoisotopic (exact) mass is 350 g/mol. The highest BCUT2D eigenvalue weighted by Crippen LogP contribution is 2.17. The van der Waals surface area contributed by atoms with Crippen molar-refractivity contribution in [1.82, 2.24) is 0 Å². The average Bonchev–Trinajstić information content (AvgIpc) is 2.28. The van der Waals surface area contributed by atoms with Crippen molar-refractivity contribution in [1.29, 1.82) is 0 Å². The predicted molar refractivity (Wildman–Crippen MR) is 78.8 cm³/mol. The van der Waals surface area contributed by atoms with Gasteiger partial charge in [0.1, 0.15) is 0 Å². The Morgan fingerprint density at radius 1 is 1.44 bits per heavy atom. The molecular weight excluding hydrogens is 335 g/mol. The number of benzene rings is 1. The number of carbonyl (C=O) groups is 1. The molecule has 0 aliphatic rings. The van der Waals surface area contributed by atoms with Crippen molar-refractivity contribution >= 4 is 45.9 Å². The Balaban J connectivity index is 2.32. The van der Waals surface area contributed by atoms with E-state index >= 15 is 0 Å². The Bertz CT molecular complexity index is 347. The van der Waals surface area contributed by atoms with Gasteiger partial charge in [-0.15, -0.1) is 0 Å². The molecule has 0 spiro atoms. The molecule has 3 N–H and O–H groups in total. The maximum Gasteiger partial charge on any atom is 0.234 e. The first-order valence-corrected chi connectivity index (χ1v) is 7.29. The fourth-order valence-electron chi connectivity index (χ4n) is 1.10. The van der Waals surface area contributed by atoms with Crippen LogP contribution in [-0.2, 0) is 4.79 Å². The molecule has 0 aromatic heterocycles. The van der Waals surface area contributed by atoms with E-state index in [9.17, 15) is 4.79 Å². The summed E-state index contributed by atoms with van der Waals surface area (Å²) in [5.41, 5.74) is 6.26. The van der Waals surface area contributed by atoms with Crippen LogP contribution >= 0.6 is 34.4 Å². The molecule has 0 unspecified atom stereocenters. The molecule has 88 valence electrons. The van der Waals surface area contributed by atoms with Crippen LogP contribution in [0.3, 0.4) is 0 Å². The number of hydrogen-bond donors (Lipinski definition) is 2. The van der Waals surface area contributed by atoms with Gasteiger partial charge in [-0.05, 0) is 53.4 Å². The van der Waals surface area contributed by atoms with E-state index in [2.05, 4.69) is 27.9 Å². The summed E-state index contributed by atoms with van der Waals surface area (Å²) in [6.45, 7) is 0.686. The number of thioether (sulfide) groups is 1. The summed E-state index contributed by atoms with van der Waals surface area (Å²) in [5.74, 6) is 1.48. The Morgan fingerprint density at radius 2 is 2.19 bits per heavy atom. The molecule has 0 heterocycles. The van der Waals surface area contributed by atoms with Crippen molar-refractivity contribution in [3.05, 3.63) is 27.8 Å². The lowest BCUT2D eigenvalue weighted by molar-refractivity contribution is -0.113. The third-order valence-corrected chi connectivity index (χ3v) is 3.86. The van der Waals surface area contributed by atoms with Crippen LogP contribution in [-0.4, -0.2) is 24.0 Å². The average molecular weight is 350 g/mol. The van der Waals surface area contributed by atoms with E-state index in [4.69, 9.17) is 5.73 Å². The third kappa shape index (κ3) is 5.18. The van der Waals surface area contributed by atoms with Gasteiger partial charge in [0.25, 0.3) is 0 Å². The molecule has 1 aromatic rings. The van der Waals surface area contributed by atoms with Crippen LogP contribution in [0.2, 0.25) is 0 Å². The molecule has 0 saturated heterocycles. The third-order valence-electron chi connectivity index (χ3n) is 1.87. The second-order valence-electron chi connectivity index (χ2n) is 3.22. The first-order valence-electron chi connectivity index (χ1n) is 5.06. The molecule has 0 radical (unpaired) electrons. The Kier molecular flexibility index (Phi) is 6.82. The van der Waals surface area contributed by atoms with Crippen LogP contribution in [0.25, 0.3) is 0 Å². The van der Waals surface area contributed by atoms with Crippen LogP contribution < -0.4 is 11.1 Å². The molecule has 0 atom stereocenters. The van der Waals surface area contributed by atoms with Gasteiger partial charge in [-0.2, -0.15) is 11.8 Å². The van der Waals surface area contributed by atoms with Gasteiger partial charge in [0, 0.05) is 3.57 Å². The molecule has 1 rings (SSSR count). The van der Waals surface area contributed by atoms with Crippen LogP contribution in [0, 0.1) is 3.57 Å². The second kappa shape index (κ2) is 7.92.